The first kappa shape index (κ1) is 13.7. The monoisotopic (exact) mass is 241 g/mol. The fourth-order valence-corrected chi connectivity index (χ4v) is 2.22. The molecule has 0 bridgehead atoms. The van der Waals surface area contributed by atoms with Crippen LogP contribution in [0, 0.1) is 13.8 Å². The van der Waals surface area contributed by atoms with Gasteiger partial charge in [0.1, 0.15) is 5.69 Å². The van der Waals surface area contributed by atoms with Crippen LogP contribution < -0.4 is 0 Å². The van der Waals surface area contributed by atoms with Crippen LogP contribution in [0.15, 0.2) is 0 Å². The van der Waals surface area contributed by atoms with Crippen LogP contribution in [0.4, 0.5) is 4.39 Å². The molecule has 1 aromatic rings. The summed E-state index contributed by atoms with van der Waals surface area (Å²) >= 11 is 0. The number of hydrogen-bond acceptors (Lipinski definition) is 2. The third kappa shape index (κ3) is 2.87. The molecule has 17 heavy (non-hydrogen) atoms. The molecule has 0 amide bonds. The van der Waals surface area contributed by atoms with Gasteiger partial charge in [0.25, 0.3) is 0 Å². The van der Waals surface area contributed by atoms with E-state index in [4.69, 9.17) is 4.74 Å². The van der Waals surface area contributed by atoms with Crippen LogP contribution in [0.5, 0.6) is 0 Å². The minimum atomic E-state index is -0.347. The summed E-state index contributed by atoms with van der Waals surface area (Å²) in [5.41, 5.74) is 3.32. The highest BCUT2D eigenvalue weighted by atomic mass is 19.1. The number of H-pyrrole nitrogens is 1. The van der Waals surface area contributed by atoms with Gasteiger partial charge in [-0.05, 0) is 44.2 Å². The van der Waals surface area contributed by atoms with Crippen molar-refractivity contribution in [3.8, 4) is 0 Å². The van der Waals surface area contributed by atoms with E-state index in [-0.39, 0.29) is 18.6 Å². The molecule has 0 unspecified atom stereocenters. The quantitative estimate of drug-likeness (QED) is 0.804. The SMILES string of the molecule is CCOC(=O)c1[nH]c(C)c([C@@H](C)CCF)c1C. The van der Waals surface area contributed by atoms with Crippen LogP contribution in [0.2, 0.25) is 0 Å². The zero-order chi connectivity index (χ0) is 13.0. The smallest absolute Gasteiger partial charge is 0.355 e. The predicted octanol–water partition coefficient (Wildman–Crippen LogP) is 3.27. The number of alkyl halides is 1. The summed E-state index contributed by atoms with van der Waals surface area (Å²) in [6, 6.07) is 0. The molecule has 4 heteroatoms. The Kier molecular flexibility index (Phi) is 4.73. The number of aromatic amines is 1. The minimum Gasteiger partial charge on any atom is -0.461 e. The van der Waals surface area contributed by atoms with Gasteiger partial charge in [-0.3, -0.25) is 4.39 Å². The molecule has 0 aliphatic rings. The molecule has 1 aromatic heterocycles. The lowest BCUT2D eigenvalue weighted by Gasteiger charge is -2.10. The Morgan fingerprint density at radius 1 is 1.47 bits per heavy atom. The number of rotatable bonds is 5. The van der Waals surface area contributed by atoms with Crippen LogP contribution in [0.1, 0.15) is 53.5 Å². The van der Waals surface area contributed by atoms with Gasteiger partial charge in [-0.1, -0.05) is 6.92 Å². The number of nitrogens with one attached hydrogen (secondary N) is 1. The van der Waals surface area contributed by atoms with Crippen LogP contribution in [-0.2, 0) is 4.74 Å². The zero-order valence-corrected chi connectivity index (χ0v) is 10.9. The van der Waals surface area contributed by atoms with Gasteiger partial charge in [0.2, 0.25) is 0 Å². The van der Waals surface area contributed by atoms with Crippen molar-refractivity contribution in [3.05, 3.63) is 22.5 Å². The summed E-state index contributed by atoms with van der Waals surface area (Å²) in [6.07, 6.45) is 0.474. The van der Waals surface area contributed by atoms with Crippen LogP contribution in [0.3, 0.4) is 0 Å². The standard InChI is InChI=1S/C13H20FNO2/c1-5-17-13(16)12-9(3)11(10(4)15-12)8(2)6-7-14/h8,15H,5-7H2,1-4H3/t8-/m0/s1. The predicted molar refractivity (Wildman–Crippen MR) is 65.2 cm³/mol. The molecule has 1 rings (SSSR count). The van der Waals surface area contributed by atoms with Crippen LogP contribution in [0.25, 0.3) is 0 Å². The van der Waals surface area contributed by atoms with Gasteiger partial charge in [0, 0.05) is 5.69 Å². The van der Waals surface area contributed by atoms with Gasteiger partial charge < -0.3 is 9.72 Å². The van der Waals surface area contributed by atoms with E-state index in [0.29, 0.717) is 18.7 Å². The number of carbonyl (C=O) groups excluding carboxylic acids is 1. The lowest BCUT2D eigenvalue weighted by molar-refractivity contribution is 0.0519. The van der Waals surface area contributed by atoms with Gasteiger partial charge in [0.05, 0.1) is 13.3 Å². The first-order chi connectivity index (χ1) is 8.02. The largest absolute Gasteiger partial charge is 0.461 e. The van der Waals surface area contributed by atoms with E-state index in [2.05, 4.69) is 4.98 Å². The van der Waals surface area contributed by atoms with Crippen molar-refractivity contribution in [1.29, 1.82) is 0 Å². The molecule has 0 aliphatic heterocycles. The molecule has 0 fully saturated rings. The van der Waals surface area contributed by atoms with Crippen molar-refractivity contribution in [3.63, 3.8) is 0 Å². The summed E-state index contributed by atoms with van der Waals surface area (Å²) in [5, 5.41) is 0. The van der Waals surface area contributed by atoms with E-state index < -0.39 is 0 Å². The van der Waals surface area contributed by atoms with Gasteiger partial charge in [-0.2, -0.15) is 0 Å². The summed E-state index contributed by atoms with van der Waals surface area (Å²) in [7, 11) is 0. The highest BCUT2D eigenvalue weighted by Gasteiger charge is 2.21. The summed E-state index contributed by atoms with van der Waals surface area (Å²) in [4.78, 5) is 14.7. The van der Waals surface area contributed by atoms with Crippen molar-refractivity contribution < 1.29 is 13.9 Å². The number of esters is 1. The van der Waals surface area contributed by atoms with E-state index in [9.17, 15) is 9.18 Å². The molecule has 96 valence electrons. The van der Waals surface area contributed by atoms with Crippen molar-refractivity contribution in [2.45, 2.75) is 40.0 Å². The maximum absolute atomic E-state index is 12.4. The Labute approximate surface area is 101 Å². The van der Waals surface area contributed by atoms with Crippen LogP contribution in [-0.4, -0.2) is 24.2 Å². The summed E-state index contributed by atoms with van der Waals surface area (Å²) in [5.74, 6) is -0.230. The molecule has 0 aliphatic carbocycles. The molecule has 0 spiro atoms. The molecule has 1 heterocycles. The Morgan fingerprint density at radius 3 is 2.65 bits per heavy atom. The third-order valence-corrected chi connectivity index (χ3v) is 3.01. The molecule has 1 N–H and O–H groups in total. The average Bonchev–Trinajstić information content (AvgIpc) is 2.55. The Hall–Kier alpha value is -1.32. The first-order valence-corrected chi connectivity index (χ1v) is 5.95. The van der Waals surface area contributed by atoms with Crippen LogP contribution >= 0.6 is 0 Å². The van der Waals surface area contributed by atoms with Crippen molar-refractivity contribution >= 4 is 5.97 Å². The average molecular weight is 241 g/mol. The molecule has 1 atom stereocenters. The number of halogens is 1. The van der Waals surface area contributed by atoms with Gasteiger partial charge in [-0.15, -0.1) is 0 Å². The number of carbonyl (C=O) groups is 1. The fourth-order valence-electron chi connectivity index (χ4n) is 2.22. The Balaban J connectivity index is 3.05. The van der Waals surface area contributed by atoms with Gasteiger partial charge in [0.15, 0.2) is 0 Å². The van der Waals surface area contributed by atoms with Gasteiger partial charge in [-0.25, -0.2) is 4.79 Å². The number of aryl methyl sites for hydroxylation is 1. The second-order valence-electron chi connectivity index (χ2n) is 4.26. The van der Waals surface area contributed by atoms with E-state index in [1.165, 1.54) is 0 Å². The molecular weight excluding hydrogens is 221 g/mol. The van der Waals surface area contributed by atoms with E-state index in [0.717, 1.165) is 16.8 Å². The summed E-state index contributed by atoms with van der Waals surface area (Å²) in [6.45, 7) is 7.53. The second-order valence-corrected chi connectivity index (χ2v) is 4.26. The lowest BCUT2D eigenvalue weighted by Crippen LogP contribution is -2.07. The number of hydrogen-bond donors (Lipinski definition) is 1. The van der Waals surface area contributed by atoms with Gasteiger partial charge >= 0.3 is 5.97 Å². The minimum absolute atomic E-state index is 0.111. The first-order valence-electron chi connectivity index (χ1n) is 5.95. The topological polar surface area (TPSA) is 42.1 Å². The van der Waals surface area contributed by atoms with E-state index >= 15 is 0 Å². The molecule has 0 saturated carbocycles. The zero-order valence-electron chi connectivity index (χ0n) is 10.9. The number of ether oxygens (including phenoxy) is 1. The fraction of sp³-hybridized carbons (Fsp3) is 0.615. The highest BCUT2D eigenvalue weighted by Crippen LogP contribution is 2.28. The molecule has 0 aromatic carbocycles. The number of aromatic nitrogens is 1. The maximum atomic E-state index is 12.4. The molecular formula is C13H20FNO2. The van der Waals surface area contributed by atoms with Crippen molar-refractivity contribution in [2.75, 3.05) is 13.3 Å². The Morgan fingerprint density at radius 2 is 2.12 bits per heavy atom. The normalized spacial score (nSPS) is 12.5. The summed E-state index contributed by atoms with van der Waals surface area (Å²) < 4.78 is 17.3. The molecule has 0 radical (unpaired) electrons. The maximum Gasteiger partial charge on any atom is 0.355 e. The second kappa shape index (κ2) is 5.84. The Bertz CT molecular complexity index is 398. The highest BCUT2D eigenvalue weighted by molar-refractivity contribution is 5.89. The van der Waals surface area contributed by atoms with E-state index in [1.807, 2.05) is 20.8 Å². The van der Waals surface area contributed by atoms with Crippen molar-refractivity contribution in [1.82, 2.24) is 4.98 Å². The lowest BCUT2D eigenvalue weighted by atomic mass is 9.94. The van der Waals surface area contributed by atoms with Crippen molar-refractivity contribution in [2.24, 2.45) is 0 Å². The molecule has 0 saturated heterocycles. The van der Waals surface area contributed by atoms with E-state index in [1.54, 1.807) is 6.92 Å². The molecule has 3 nitrogen and oxygen atoms in total. The third-order valence-electron chi connectivity index (χ3n) is 3.01.